The Labute approximate surface area is 88.2 Å². The van der Waals surface area contributed by atoms with Gasteiger partial charge in [0.15, 0.2) is 5.13 Å². The van der Waals surface area contributed by atoms with Crippen molar-refractivity contribution < 1.29 is 5.11 Å². The first-order valence-electron chi connectivity index (χ1n) is 4.71. The minimum Gasteiger partial charge on any atom is -0.383 e. The van der Waals surface area contributed by atoms with Crippen LogP contribution in [-0.4, -0.2) is 23.2 Å². The molecule has 5 heteroatoms. The molecule has 0 spiro atoms. The van der Waals surface area contributed by atoms with Crippen molar-refractivity contribution in [2.24, 2.45) is 0 Å². The molecule has 1 unspecified atom stereocenters. The highest BCUT2D eigenvalue weighted by Gasteiger charge is 2.24. The first kappa shape index (κ1) is 11.4. The van der Waals surface area contributed by atoms with Gasteiger partial charge in [0, 0.05) is 12.7 Å². The minimum atomic E-state index is -0.871. The minimum absolute atomic E-state index is 0.496. The topological polar surface area (TPSA) is 71.2 Å². The van der Waals surface area contributed by atoms with E-state index in [0.717, 1.165) is 17.8 Å². The molecule has 0 saturated carbocycles. The SMILES string of the molecule is CCCNCC(C)(O)c1cnc(N)s1. The maximum absolute atomic E-state index is 10.1. The fourth-order valence-electron chi connectivity index (χ4n) is 1.13. The summed E-state index contributed by atoms with van der Waals surface area (Å²) in [6.45, 7) is 5.29. The summed E-state index contributed by atoms with van der Waals surface area (Å²) in [7, 11) is 0. The lowest BCUT2D eigenvalue weighted by atomic mass is 10.1. The lowest BCUT2D eigenvalue weighted by molar-refractivity contribution is 0.0608. The number of nitrogens with one attached hydrogen (secondary N) is 1. The summed E-state index contributed by atoms with van der Waals surface area (Å²) in [6.07, 6.45) is 2.69. The van der Waals surface area contributed by atoms with Crippen LogP contribution in [0.2, 0.25) is 0 Å². The standard InChI is InChI=1S/C9H17N3OS/c1-3-4-11-6-9(2,13)7-5-12-8(10)14-7/h5,11,13H,3-4,6H2,1-2H3,(H2,10,12). The van der Waals surface area contributed by atoms with E-state index in [0.29, 0.717) is 11.7 Å². The third-order valence-corrected chi connectivity index (χ3v) is 3.03. The number of rotatable bonds is 5. The van der Waals surface area contributed by atoms with Crippen molar-refractivity contribution >= 4 is 16.5 Å². The molecule has 0 aliphatic heterocycles. The third kappa shape index (κ3) is 2.94. The predicted octanol–water partition coefficient (Wildman–Crippen LogP) is 0.932. The van der Waals surface area contributed by atoms with E-state index >= 15 is 0 Å². The fraction of sp³-hybridized carbons (Fsp3) is 0.667. The molecular weight excluding hydrogens is 198 g/mol. The normalized spacial score (nSPS) is 15.4. The summed E-state index contributed by atoms with van der Waals surface area (Å²) in [6, 6.07) is 0. The number of nitrogen functional groups attached to an aromatic ring is 1. The lowest BCUT2D eigenvalue weighted by Gasteiger charge is -2.21. The molecule has 0 aromatic carbocycles. The van der Waals surface area contributed by atoms with Gasteiger partial charge in [-0.3, -0.25) is 0 Å². The molecule has 1 aromatic heterocycles. The molecule has 0 saturated heterocycles. The van der Waals surface area contributed by atoms with Crippen LogP contribution in [0.25, 0.3) is 0 Å². The van der Waals surface area contributed by atoms with Gasteiger partial charge in [-0.1, -0.05) is 18.3 Å². The summed E-state index contributed by atoms with van der Waals surface area (Å²) in [5, 5.41) is 13.7. The molecule has 0 radical (unpaired) electrons. The number of nitrogens with zero attached hydrogens (tertiary/aromatic N) is 1. The maximum atomic E-state index is 10.1. The molecule has 14 heavy (non-hydrogen) atoms. The summed E-state index contributed by atoms with van der Waals surface area (Å²) in [5.41, 5.74) is 4.64. The van der Waals surface area contributed by atoms with E-state index in [1.165, 1.54) is 11.3 Å². The Kier molecular flexibility index (Phi) is 3.86. The molecule has 80 valence electrons. The Bertz CT molecular complexity index is 285. The van der Waals surface area contributed by atoms with Crippen molar-refractivity contribution in [1.82, 2.24) is 10.3 Å². The smallest absolute Gasteiger partial charge is 0.180 e. The molecule has 1 heterocycles. The highest BCUT2D eigenvalue weighted by Crippen LogP contribution is 2.26. The van der Waals surface area contributed by atoms with E-state index in [-0.39, 0.29) is 0 Å². The zero-order valence-electron chi connectivity index (χ0n) is 8.58. The third-order valence-electron chi connectivity index (χ3n) is 1.95. The van der Waals surface area contributed by atoms with Gasteiger partial charge < -0.3 is 16.2 Å². The monoisotopic (exact) mass is 215 g/mol. The molecule has 0 aliphatic rings. The predicted molar refractivity (Wildman–Crippen MR) is 59.3 cm³/mol. The van der Waals surface area contributed by atoms with Crippen molar-refractivity contribution in [3.8, 4) is 0 Å². The van der Waals surface area contributed by atoms with E-state index in [1.807, 2.05) is 0 Å². The van der Waals surface area contributed by atoms with Crippen LogP contribution >= 0.6 is 11.3 Å². The Morgan fingerprint density at radius 3 is 2.93 bits per heavy atom. The molecule has 1 atom stereocenters. The number of hydrogen-bond donors (Lipinski definition) is 3. The van der Waals surface area contributed by atoms with Gasteiger partial charge >= 0.3 is 0 Å². The zero-order valence-corrected chi connectivity index (χ0v) is 9.40. The van der Waals surface area contributed by atoms with Crippen LogP contribution in [0.15, 0.2) is 6.20 Å². The van der Waals surface area contributed by atoms with Crippen LogP contribution in [0.3, 0.4) is 0 Å². The second kappa shape index (κ2) is 4.72. The van der Waals surface area contributed by atoms with E-state index in [4.69, 9.17) is 5.73 Å². The number of anilines is 1. The largest absolute Gasteiger partial charge is 0.383 e. The van der Waals surface area contributed by atoms with Crippen LogP contribution in [0.4, 0.5) is 5.13 Å². The van der Waals surface area contributed by atoms with E-state index < -0.39 is 5.60 Å². The fourth-order valence-corrected chi connectivity index (χ4v) is 1.86. The lowest BCUT2D eigenvalue weighted by Crippen LogP contribution is -2.35. The first-order chi connectivity index (χ1) is 6.56. The van der Waals surface area contributed by atoms with Crippen molar-refractivity contribution in [2.45, 2.75) is 25.9 Å². The Hall–Kier alpha value is -0.650. The van der Waals surface area contributed by atoms with Crippen molar-refractivity contribution in [2.75, 3.05) is 18.8 Å². The second-order valence-corrected chi connectivity index (χ2v) is 4.58. The van der Waals surface area contributed by atoms with Gasteiger partial charge in [0.25, 0.3) is 0 Å². The quantitative estimate of drug-likeness (QED) is 0.639. The van der Waals surface area contributed by atoms with Gasteiger partial charge in [-0.2, -0.15) is 0 Å². The van der Waals surface area contributed by atoms with E-state index in [1.54, 1.807) is 13.1 Å². The van der Waals surface area contributed by atoms with Gasteiger partial charge in [0.05, 0.1) is 4.88 Å². The highest BCUT2D eigenvalue weighted by molar-refractivity contribution is 7.15. The summed E-state index contributed by atoms with van der Waals surface area (Å²) in [5.74, 6) is 0. The number of nitrogens with two attached hydrogens (primary N) is 1. The Balaban J connectivity index is 2.56. The average Bonchev–Trinajstić information content (AvgIpc) is 2.53. The molecule has 4 nitrogen and oxygen atoms in total. The first-order valence-corrected chi connectivity index (χ1v) is 5.53. The summed E-state index contributed by atoms with van der Waals surface area (Å²) >= 11 is 1.33. The Morgan fingerprint density at radius 1 is 1.71 bits per heavy atom. The summed E-state index contributed by atoms with van der Waals surface area (Å²) < 4.78 is 0. The van der Waals surface area contributed by atoms with Gasteiger partial charge in [0.2, 0.25) is 0 Å². The highest BCUT2D eigenvalue weighted by atomic mass is 32.1. The zero-order chi connectivity index (χ0) is 10.6. The molecular formula is C9H17N3OS. The van der Waals surface area contributed by atoms with Crippen LogP contribution in [0, 0.1) is 0 Å². The molecule has 0 amide bonds. The molecule has 0 aliphatic carbocycles. The summed E-state index contributed by atoms with van der Waals surface area (Å²) in [4.78, 5) is 4.72. The maximum Gasteiger partial charge on any atom is 0.180 e. The molecule has 4 N–H and O–H groups in total. The van der Waals surface area contributed by atoms with Gasteiger partial charge in [0.1, 0.15) is 5.60 Å². The van der Waals surface area contributed by atoms with Crippen molar-refractivity contribution in [3.05, 3.63) is 11.1 Å². The molecule has 1 rings (SSSR count). The van der Waals surface area contributed by atoms with Gasteiger partial charge in [-0.15, -0.1) is 0 Å². The van der Waals surface area contributed by atoms with Crippen LogP contribution < -0.4 is 11.1 Å². The number of hydrogen-bond acceptors (Lipinski definition) is 5. The molecule has 0 bridgehead atoms. The average molecular weight is 215 g/mol. The van der Waals surface area contributed by atoms with E-state index in [2.05, 4.69) is 17.2 Å². The number of thiazole rings is 1. The molecule has 1 aromatic rings. The van der Waals surface area contributed by atoms with Crippen molar-refractivity contribution in [1.29, 1.82) is 0 Å². The van der Waals surface area contributed by atoms with Gasteiger partial charge in [-0.05, 0) is 19.9 Å². The van der Waals surface area contributed by atoms with Crippen molar-refractivity contribution in [3.63, 3.8) is 0 Å². The van der Waals surface area contributed by atoms with Crippen LogP contribution in [-0.2, 0) is 5.60 Å². The number of aromatic nitrogens is 1. The van der Waals surface area contributed by atoms with Crippen LogP contribution in [0.5, 0.6) is 0 Å². The second-order valence-electron chi connectivity index (χ2n) is 3.51. The van der Waals surface area contributed by atoms with Gasteiger partial charge in [-0.25, -0.2) is 4.98 Å². The Morgan fingerprint density at radius 2 is 2.43 bits per heavy atom. The van der Waals surface area contributed by atoms with Crippen LogP contribution in [0.1, 0.15) is 25.1 Å². The van der Waals surface area contributed by atoms with E-state index in [9.17, 15) is 5.11 Å². The number of aliphatic hydroxyl groups is 1. The molecule has 0 fully saturated rings.